The fourth-order valence-electron chi connectivity index (χ4n) is 11.7. The van der Waals surface area contributed by atoms with Gasteiger partial charge in [0.1, 0.15) is 24.0 Å². The van der Waals surface area contributed by atoms with Gasteiger partial charge in [0.05, 0.1) is 53.9 Å². The average molecular weight is 870 g/mol. The van der Waals surface area contributed by atoms with E-state index in [0.29, 0.717) is 42.1 Å². The van der Waals surface area contributed by atoms with Crippen molar-refractivity contribution in [1.82, 2.24) is 34.3 Å². The highest BCUT2D eigenvalue weighted by atomic mass is 19.3. The van der Waals surface area contributed by atoms with Crippen molar-refractivity contribution in [3.8, 4) is 11.8 Å². The Morgan fingerprint density at radius 1 is 1.10 bits per heavy atom. The van der Waals surface area contributed by atoms with Crippen molar-refractivity contribution in [3.63, 3.8) is 0 Å². The van der Waals surface area contributed by atoms with Crippen molar-refractivity contribution in [1.29, 1.82) is 0 Å². The second-order valence-electron chi connectivity index (χ2n) is 18.4. The number of hydrazine groups is 1. The highest BCUT2D eigenvalue weighted by Gasteiger charge is 2.68. The van der Waals surface area contributed by atoms with Gasteiger partial charge in [-0.05, 0) is 56.7 Å². The number of hydrogen-bond donors (Lipinski definition) is 2. The first-order valence-corrected chi connectivity index (χ1v) is 22.2. The summed E-state index contributed by atoms with van der Waals surface area (Å²) in [4.78, 5) is 60.7. The predicted molar refractivity (Wildman–Crippen MR) is 228 cm³/mol. The van der Waals surface area contributed by atoms with Crippen LogP contribution in [-0.4, -0.2) is 147 Å². The highest BCUT2D eigenvalue weighted by Crippen LogP contribution is 2.54. The number of benzene rings is 1. The molecule has 1 aromatic heterocycles. The van der Waals surface area contributed by atoms with Crippen molar-refractivity contribution in [2.45, 2.75) is 107 Å². The highest BCUT2D eigenvalue weighted by molar-refractivity contribution is 6.01. The maximum atomic E-state index is 15.6. The first-order chi connectivity index (χ1) is 30.4. The van der Waals surface area contributed by atoms with Gasteiger partial charge in [0.2, 0.25) is 17.7 Å². The Bertz CT molecular complexity index is 2430. The molecule has 10 rings (SSSR count). The van der Waals surface area contributed by atoms with Gasteiger partial charge in [-0.25, -0.2) is 23.6 Å². The number of nitrogens with one attached hydrogen (secondary N) is 1. The summed E-state index contributed by atoms with van der Waals surface area (Å²) in [7, 11) is 1.65. The minimum absolute atomic E-state index is 0.0281. The topological polar surface area (TPSA) is 185 Å². The van der Waals surface area contributed by atoms with E-state index in [2.05, 4.69) is 37.2 Å². The number of aromatic nitrogens is 2. The number of aliphatic imine (C=N–C) groups is 1. The van der Waals surface area contributed by atoms with Gasteiger partial charge in [0.15, 0.2) is 11.6 Å². The number of para-hydroxylation sites is 1. The molecule has 1 aliphatic carbocycles. The third-order valence-corrected chi connectivity index (χ3v) is 15.0. The SMILES string of the molecule is Cn1c(=O)n([C@@H]2CCC(=O)NC2=O)c2cccc(C#CCOC3CCN(CC4(C5(N6CC(C(N)=O)(C(F)F)C7N=C(N8C[C@H]9C[C@@H]8CO9)C=CN76)C=NN=C5)CCCCC4)CC3)c21. The average Bonchev–Trinajstić information content (AvgIpc) is 4.13. The summed E-state index contributed by atoms with van der Waals surface area (Å²) in [5.41, 5.74) is 3.68. The van der Waals surface area contributed by atoms with Crippen LogP contribution in [0.5, 0.6) is 0 Å². The molecule has 6 fully saturated rings. The maximum absolute atomic E-state index is 15.6. The standard InChI is InChI=1S/C44H53F2N11O6/c1-52-36-28(7-5-9-32(36)57(41(52)61)33-10-11-35(58)51-37(33)59)8-6-20-62-30-12-17-53(18-13-30)26-42(15-3-2-4-16-42)43(24-48-49-25-43)56-27-44(38(45)46,39(47)60)40-50-34(14-19-55(40)56)54-22-31-21-29(54)23-63-31/h5,7,9,14,19,24-25,29-31,33,38,40H,2-4,10-13,15-18,20-23,26-27H2,1H3,(H2,47,60)(H,51,58,59)/t29-,31-,33-,40?,44?/m1/s1. The van der Waals surface area contributed by atoms with Crippen molar-refractivity contribution < 1.29 is 32.6 Å². The van der Waals surface area contributed by atoms with E-state index in [1.807, 2.05) is 17.2 Å². The summed E-state index contributed by atoms with van der Waals surface area (Å²) in [6, 6.07) is 4.74. The molecule has 2 bridgehead atoms. The number of imide groups is 1. The molecule has 0 radical (unpaired) electrons. The molecule has 1 saturated carbocycles. The number of ether oxygens (including phenoxy) is 2. The molecule has 7 aliphatic heterocycles. The van der Waals surface area contributed by atoms with Crippen LogP contribution in [0.1, 0.15) is 75.8 Å². The van der Waals surface area contributed by atoms with Crippen LogP contribution < -0.4 is 16.7 Å². The lowest BCUT2D eigenvalue weighted by Gasteiger charge is -2.55. The fourth-order valence-corrected chi connectivity index (χ4v) is 11.7. The van der Waals surface area contributed by atoms with E-state index in [1.165, 1.54) is 9.13 Å². The summed E-state index contributed by atoms with van der Waals surface area (Å²) in [6.07, 6.45) is 10.3. The molecule has 5 saturated heterocycles. The number of nitrogens with two attached hydrogens (primary N) is 1. The Labute approximate surface area is 362 Å². The summed E-state index contributed by atoms with van der Waals surface area (Å²) in [5, 5.41) is 14.7. The van der Waals surface area contributed by atoms with Crippen LogP contribution in [0.2, 0.25) is 0 Å². The van der Waals surface area contributed by atoms with Crippen LogP contribution in [0.25, 0.3) is 11.0 Å². The van der Waals surface area contributed by atoms with E-state index >= 15 is 8.78 Å². The van der Waals surface area contributed by atoms with Gasteiger partial charge in [-0.15, -0.1) is 0 Å². The number of likely N-dealkylation sites (tertiary alicyclic amines) is 2. The zero-order valence-electron chi connectivity index (χ0n) is 35.3. The van der Waals surface area contributed by atoms with E-state index in [0.717, 1.165) is 64.5 Å². The van der Waals surface area contributed by atoms with Crippen LogP contribution in [0.3, 0.4) is 0 Å². The molecule has 63 heavy (non-hydrogen) atoms. The van der Waals surface area contributed by atoms with E-state index in [4.69, 9.17) is 20.2 Å². The minimum atomic E-state index is -3.07. The summed E-state index contributed by atoms with van der Waals surface area (Å²) in [5.74, 6) is 4.96. The summed E-state index contributed by atoms with van der Waals surface area (Å²) in [6.45, 7) is 3.19. The third kappa shape index (κ3) is 6.74. The van der Waals surface area contributed by atoms with Gasteiger partial charge in [-0.3, -0.25) is 33.8 Å². The van der Waals surface area contributed by atoms with E-state index < -0.39 is 46.8 Å². The Hall–Kier alpha value is -5.29. The summed E-state index contributed by atoms with van der Waals surface area (Å²) < 4.78 is 46.2. The number of aryl methyl sites for hydroxylation is 1. The number of carbonyl (C=O) groups excluding carboxylic acids is 3. The van der Waals surface area contributed by atoms with Crippen LogP contribution in [0.4, 0.5) is 8.78 Å². The number of amides is 3. The lowest BCUT2D eigenvalue weighted by Crippen LogP contribution is -2.68. The van der Waals surface area contributed by atoms with Crippen LogP contribution >= 0.6 is 0 Å². The smallest absolute Gasteiger partial charge is 0.329 e. The second kappa shape index (κ2) is 16.1. The normalized spacial score (nSPS) is 30.3. The molecule has 334 valence electrons. The van der Waals surface area contributed by atoms with Crippen molar-refractivity contribution in [3.05, 3.63) is 46.5 Å². The monoisotopic (exact) mass is 869 g/mol. The lowest BCUT2D eigenvalue weighted by molar-refractivity contribution is -0.138. The number of nitrogens with zero attached hydrogens (tertiary/aromatic N) is 9. The number of alkyl halides is 2. The summed E-state index contributed by atoms with van der Waals surface area (Å²) >= 11 is 0. The molecule has 3 amide bonds. The number of amidine groups is 1. The fraction of sp³-hybridized carbons (Fsp3) is 0.614. The minimum Gasteiger partial charge on any atom is -0.374 e. The number of piperidine rings is 2. The Balaban J connectivity index is 0.842. The van der Waals surface area contributed by atoms with Crippen LogP contribution in [0.15, 0.2) is 50.5 Å². The molecular formula is C44H53F2N11O6. The van der Waals surface area contributed by atoms with Gasteiger partial charge in [0, 0.05) is 57.8 Å². The Morgan fingerprint density at radius 3 is 2.56 bits per heavy atom. The Morgan fingerprint density at radius 2 is 1.87 bits per heavy atom. The molecule has 2 unspecified atom stereocenters. The number of imidazole rings is 1. The molecule has 5 atom stereocenters. The molecule has 0 spiro atoms. The largest absolute Gasteiger partial charge is 0.374 e. The number of rotatable bonds is 9. The second-order valence-corrected chi connectivity index (χ2v) is 18.4. The number of hydrogen-bond acceptors (Lipinski definition) is 13. The van der Waals surface area contributed by atoms with Crippen LogP contribution in [-0.2, 0) is 30.9 Å². The van der Waals surface area contributed by atoms with E-state index in [-0.39, 0.29) is 55.8 Å². The molecule has 19 heteroatoms. The van der Waals surface area contributed by atoms with Crippen molar-refractivity contribution in [2.75, 3.05) is 45.9 Å². The molecule has 8 heterocycles. The molecule has 8 aliphatic rings. The number of fused-ring (bicyclic) bond motifs is 4. The molecule has 17 nitrogen and oxygen atoms in total. The first kappa shape index (κ1) is 41.7. The van der Waals surface area contributed by atoms with Gasteiger partial charge >= 0.3 is 5.69 Å². The van der Waals surface area contributed by atoms with E-state index in [9.17, 15) is 19.2 Å². The van der Waals surface area contributed by atoms with Crippen molar-refractivity contribution >= 4 is 47.0 Å². The molecular weight excluding hydrogens is 817 g/mol. The van der Waals surface area contributed by atoms with Crippen molar-refractivity contribution in [2.24, 2.45) is 38.8 Å². The third-order valence-electron chi connectivity index (χ3n) is 15.0. The maximum Gasteiger partial charge on any atom is 0.329 e. The molecule has 2 aromatic rings. The zero-order valence-corrected chi connectivity index (χ0v) is 35.3. The quantitative estimate of drug-likeness (QED) is 0.279. The number of halogens is 2. The number of primary amides is 1. The van der Waals surface area contributed by atoms with Gasteiger partial charge in [-0.2, -0.15) is 10.2 Å². The zero-order chi connectivity index (χ0) is 43.7. The lowest BCUT2D eigenvalue weighted by atomic mass is 9.61. The number of morpholine rings is 1. The van der Waals surface area contributed by atoms with Crippen LogP contribution in [0, 0.1) is 22.7 Å². The predicted octanol–water partition coefficient (Wildman–Crippen LogP) is 1.90. The first-order valence-electron chi connectivity index (χ1n) is 22.2. The van der Waals surface area contributed by atoms with Gasteiger partial charge in [-0.1, -0.05) is 37.2 Å². The van der Waals surface area contributed by atoms with Gasteiger partial charge < -0.3 is 25.0 Å². The molecule has 1 aromatic carbocycles. The Kier molecular flexibility index (Phi) is 10.6. The number of carbonyl (C=O) groups is 3. The molecule has 3 N–H and O–H groups in total. The van der Waals surface area contributed by atoms with E-state index in [1.54, 1.807) is 42.8 Å². The van der Waals surface area contributed by atoms with Gasteiger partial charge in [0.25, 0.3) is 6.43 Å².